The molecular weight excluding hydrogens is 350 g/mol. The zero-order valence-electron chi connectivity index (χ0n) is 19.6. The maximum absolute atomic E-state index is 4.18. The Balaban J connectivity index is 2.49. The van der Waals surface area contributed by atoms with Crippen LogP contribution in [0.15, 0.2) is 54.2 Å². The largest absolute Gasteiger partial charge is 0.381 e. The standard InChI is InChI=1S/C28H41N/c1-8-12-21(7)19-29-28-18-27(23-16-14-22(15-17-23)20(5)6)24(10-3)26(13-9-2)25(28)11-4/h8,12,14-16,18,20,23,29H,7,9-11,13,17,19H2,1-6H3/b12-8+. The molecule has 1 aromatic rings. The van der Waals surface area contributed by atoms with E-state index in [0.29, 0.717) is 11.8 Å². The first-order chi connectivity index (χ1) is 14.0. The molecule has 0 bridgehead atoms. The van der Waals surface area contributed by atoms with E-state index in [1.54, 1.807) is 11.1 Å². The van der Waals surface area contributed by atoms with Crippen molar-refractivity contribution < 1.29 is 0 Å². The van der Waals surface area contributed by atoms with Crippen LogP contribution in [-0.4, -0.2) is 6.54 Å². The third-order valence-electron chi connectivity index (χ3n) is 6.01. The van der Waals surface area contributed by atoms with E-state index in [4.69, 9.17) is 0 Å². The Morgan fingerprint density at radius 2 is 1.90 bits per heavy atom. The lowest BCUT2D eigenvalue weighted by Crippen LogP contribution is -2.13. The third-order valence-corrected chi connectivity index (χ3v) is 6.01. The zero-order valence-corrected chi connectivity index (χ0v) is 19.6. The summed E-state index contributed by atoms with van der Waals surface area (Å²) in [5.74, 6) is 1.08. The monoisotopic (exact) mass is 391 g/mol. The summed E-state index contributed by atoms with van der Waals surface area (Å²) in [7, 11) is 0. The fourth-order valence-electron chi connectivity index (χ4n) is 4.51. The Bertz CT molecular complexity index is 789. The molecule has 2 rings (SSSR count). The molecule has 0 fully saturated rings. The summed E-state index contributed by atoms with van der Waals surface area (Å²) in [6.07, 6.45) is 17.0. The maximum Gasteiger partial charge on any atom is 0.0394 e. The maximum atomic E-state index is 4.18. The first kappa shape index (κ1) is 23.3. The average molecular weight is 392 g/mol. The number of allylic oxidation sites excluding steroid dienone is 5. The highest BCUT2D eigenvalue weighted by atomic mass is 14.9. The van der Waals surface area contributed by atoms with Crippen LogP contribution >= 0.6 is 0 Å². The molecule has 1 unspecified atom stereocenters. The third kappa shape index (κ3) is 5.75. The predicted octanol–water partition coefficient (Wildman–Crippen LogP) is 7.93. The van der Waals surface area contributed by atoms with Crippen molar-refractivity contribution >= 4 is 5.69 Å². The predicted molar refractivity (Wildman–Crippen MR) is 131 cm³/mol. The number of nitrogens with one attached hydrogen (secondary N) is 1. The van der Waals surface area contributed by atoms with Crippen LogP contribution in [0.4, 0.5) is 5.69 Å². The van der Waals surface area contributed by atoms with Crippen LogP contribution in [-0.2, 0) is 19.3 Å². The zero-order chi connectivity index (χ0) is 21.4. The van der Waals surface area contributed by atoms with Gasteiger partial charge in [-0.15, -0.1) is 0 Å². The van der Waals surface area contributed by atoms with Crippen LogP contribution < -0.4 is 5.32 Å². The van der Waals surface area contributed by atoms with Crippen LogP contribution in [0.5, 0.6) is 0 Å². The van der Waals surface area contributed by atoms with Crippen LogP contribution in [0.3, 0.4) is 0 Å². The Labute approximate surface area is 179 Å². The van der Waals surface area contributed by atoms with Crippen molar-refractivity contribution in [3.8, 4) is 0 Å². The second-order valence-electron chi connectivity index (χ2n) is 8.48. The fourth-order valence-corrected chi connectivity index (χ4v) is 4.51. The summed E-state index contributed by atoms with van der Waals surface area (Å²) >= 11 is 0. The Kier molecular flexibility index (Phi) is 9.01. The van der Waals surface area contributed by atoms with Gasteiger partial charge in [-0.05, 0) is 78.0 Å². The molecule has 0 heterocycles. The minimum atomic E-state index is 0.480. The van der Waals surface area contributed by atoms with Crippen molar-refractivity contribution in [2.24, 2.45) is 5.92 Å². The van der Waals surface area contributed by atoms with E-state index in [2.05, 4.69) is 83.0 Å². The van der Waals surface area contributed by atoms with Gasteiger partial charge in [-0.3, -0.25) is 0 Å². The lowest BCUT2D eigenvalue weighted by Gasteiger charge is -2.27. The van der Waals surface area contributed by atoms with Gasteiger partial charge < -0.3 is 5.32 Å². The van der Waals surface area contributed by atoms with Crippen molar-refractivity contribution in [2.45, 2.75) is 79.6 Å². The van der Waals surface area contributed by atoms with E-state index >= 15 is 0 Å². The van der Waals surface area contributed by atoms with Gasteiger partial charge >= 0.3 is 0 Å². The molecule has 0 aromatic heterocycles. The van der Waals surface area contributed by atoms with E-state index in [0.717, 1.165) is 37.8 Å². The van der Waals surface area contributed by atoms with Crippen molar-refractivity contribution in [2.75, 3.05) is 11.9 Å². The number of hydrogen-bond acceptors (Lipinski definition) is 1. The van der Waals surface area contributed by atoms with Crippen molar-refractivity contribution in [1.29, 1.82) is 0 Å². The second-order valence-corrected chi connectivity index (χ2v) is 8.48. The molecule has 0 aliphatic heterocycles. The van der Waals surface area contributed by atoms with Gasteiger partial charge in [-0.1, -0.05) is 78.0 Å². The Morgan fingerprint density at radius 3 is 2.41 bits per heavy atom. The molecule has 1 heteroatoms. The van der Waals surface area contributed by atoms with E-state index in [-0.39, 0.29) is 0 Å². The molecule has 0 radical (unpaired) electrons. The number of hydrogen-bond donors (Lipinski definition) is 1. The molecule has 0 amide bonds. The van der Waals surface area contributed by atoms with E-state index in [9.17, 15) is 0 Å². The molecule has 1 aliphatic rings. The van der Waals surface area contributed by atoms with Crippen LogP contribution in [0.25, 0.3) is 0 Å². The molecule has 29 heavy (non-hydrogen) atoms. The van der Waals surface area contributed by atoms with Gasteiger partial charge in [0.1, 0.15) is 0 Å². The van der Waals surface area contributed by atoms with Gasteiger partial charge in [0, 0.05) is 18.2 Å². The average Bonchev–Trinajstić information content (AvgIpc) is 2.72. The second kappa shape index (κ2) is 11.2. The summed E-state index contributed by atoms with van der Waals surface area (Å²) < 4.78 is 0. The Hall–Kier alpha value is -2.02. The van der Waals surface area contributed by atoms with E-state index in [1.807, 2.05) is 6.92 Å². The van der Waals surface area contributed by atoms with Gasteiger partial charge in [-0.2, -0.15) is 0 Å². The van der Waals surface area contributed by atoms with E-state index in [1.165, 1.54) is 28.8 Å². The highest BCUT2D eigenvalue weighted by Crippen LogP contribution is 2.37. The van der Waals surface area contributed by atoms with Crippen molar-refractivity contribution in [3.05, 3.63) is 76.4 Å². The lowest BCUT2D eigenvalue weighted by atomic mass is 9.80. The highest BCUT2D eigenvalue weighted by molar-refractivity contribution is 5.62. The minimum Gasteiger partial charge on any atom is -0.381 e. The van der Waals surface area contributed by atoms with Gasteiger partial charge in [0.2, 0.25) is 0 Å². The summed E-state index contributed by atoms with van der Waals surface area (Å²) in [6, 6.07) is 2.45. The topological polar surface area (TPSA) is 12.0 Å². The van der Waals surface area contributed by atoms with Gasteiger partial charge in [0.05, 0.1) is 0 Å². The molecular formula is C28H41N. The number of benzene rings is 1. The van der Waals surface area contributed by atoms with Crippen molar-refractivity contribution in [3.63, 3.8) is 0 Å². The smallest absolute Gasteiger partial charge is 0.0394 e. The summed E-state index contributed by atoms with van der Waals surface area (Å²) in [4.78, 5) is 0. The van der Waals surface area contributed by atoms with Crippen LogP contribution in [0.1, 0.15) is 82.6 Å². The van der Waals surface area contributed by atoms with Gasteiger partial charge in [0.25, 0.3) is 0 Å². The Morgan fingerprint density at radius 1 is 1.17 bits per heavy atom. The molecule has 1 N–H and O–H groups in total. The van der Waals surface area contributed by atoms with Crippen molar-refractivity contribution in [1.82, 2.24) is 0 Å². The summed E-state index contributed by atoms with van der Waals surface area (Å²) in [5, 5.41) is 3.72. The first-order valence-corrected chi connectivity index (χ1v) is 11.6. The number of rotatable bonds is 10. The summed E-state index contributed by atoms with van der Waals surface area (Å²) in [5.41, 5.74) is 10.1. The van der Waals surface area contributed by atoms with Gasteiger partial charge in [-0.25, -0.2) is 0 Å². The highest BCUT2D eigenvalue weighted by Gasteiger charge is 2.21. The quantitative estimate of drug-likeness (QED) is 0.399. The molecule has 1 aliphatic carbocycles. The molecule has 158 valence electrons. The molecule has 1 aromatic carbocycles. The van der Waals surface area contributed by atoms with Crippen LogP contribution in [0, 0.1) is 5.92 Å². The fraction of sp³-hybridized carbons (Fsp3) is 0.500. The molecule has 1 atom stereocenters. The minimum absolute atomic E-state index is 0.480. The van der Waals surface area contributed by atoms with Gasteiger partial charge in [0.15, 0.2) is 0 Å². The summed E-state index contributed by atoms with van der Waals surface area (Å²) in [6.45, 7) is 18.5. The normalized spacial score (nSPS) is 16.5. The SMILES string of the molecule is C=C(/C=C/C)CNc1cc(C2C=CC(C(C)C)=CC2)c(CC)c(CCC)c1CC. The first-order valence-electron chi connectivity index (χ1n) is 11.6. The van der Waals surface area contributed by atoms with E-state index < -0.39 is 0 Å². The molecule has 0 saturated carbocycles. The number of anilines is 1. The molecule has 1 nitrogen and oxygen atoms in total. The molecule has 0 saturated heterocycles. The van der Waals surface area contributed by atoms with Crippen LogP contribution in [0.2, 0.25) is 0 Å². The lowest BCUT2D eigenvalue weighted by molar-refractivity contribution is 0.745. The molecule has 0 spiro atoms.